The van der Waals surface area contributed by atoms with Gasteiger partial charge in [-0.15, -0.1) is 11.3 Å². The summed E-state index contributed by atoms with van der Waals surface area (Å²) in [5, 5.41) is 11.3. The number of hydrogen-bond donors (Lipinski definition) is 1. The lowest BCUT2D eigenvalue weighted by molar-refractivity contribution is 0.0690. The first-order chi connectivity index (χ1) is 8.16. The van der Waals surface area contributed by atoms with Crippen molar-refractivity contribution in [2.24, 2.45) is 0 Å². The molecule has 2 aromatic heterocycles. The summed E-state index contributed by atoms with van der Waals surface area (Å²) in [4.78, 5) is 18.4. The highest BCUT2D eigenvalue weighted by Gasteiger charge is 2.14. The van der Waals surface area contributed by atoms with Crippen molar-refractivity contribution in [2.75, 3.05) is 0 Å². The van der Waals surface area contributed by atoms with Gasteiger partial charge in [0.05, 0.1) is 6.20 Å². The maximum atomic E-state index is 12.8. The van der Waals surface area contributed by atoms with E-state index in [0.29, 0.717) is 5.01 Å². The molecule has 0 saturated heterocycles. The van der Waals surface area contributed by atoms with Crippen LogP contribution >= 0.6 is 11.3 Å². The number of pyridine rings is 1. The van der Waals surface area contributed by atoms with Gasteiger partial charge < -0.3 is 9.84 Å². The smallest absolute Gasteiger partial charge is 0.341 e. The van der Waals surface area contributed by atoms with Gasteiger partial charge in [-0.1, -0.05) is 0 Å². The molecule has 0 fully saturated rings. The SMILES string of the molecule is O=C(O)c1cc(F)cnc1OCc1nccs1. The predicted octanol–water partition coefficient (Wildman–Crippen LogP) is 1.95. The molecule has 0 bridgehead atoms. The maximum Gasteiger partial charge on any atom is 0.341 e. The first kappa shape index (κ1) is 11.5. The average Bonchev–Trinajstić information content (AvgIpc) is 2.80. The fourth-order valence-corrected chi connectivity index (χ4v) is 1.68. The standard InChI is InChI=1S/C10H7FN2O3S/c11-6-3-7(10(14)15)9(13-4-6)16-5-8-12-1-2-17-8/h1-4H,5H2,(H,14,15). The van der Waals surface area contributed by atoms with E-state index in [0.717, 1.165) is 12.3 Å². The van der Waals surface area contributed by atoms with Crippen LogP contribution in [0.25, 0.3) is 0 Å². The molecule has 7 heteroatoms. The van der Waals surface area contributed by atoms with Gasteiger partial charge in [-0.3, -0.25) is 0 Å². The quantitative estimate of drug-likeness (QED) is 0.902. The Bertz CT molecular complexity index is 530. The highest BCUT2D eigenvalue weighted by Crippen LogP contribution is 2.18. The Balaban J connectivity index is 2.17. The Morgan fingerprint density at radius 1 is 1.53 bits per heavy atom. The van der Waals surface area contributed by atoms with Gasteiger partial charge >= 0.3 is 5.97 Å². The Hall–Kier alpha value is -2.02. The fourth-order valence-electron chi connectivity index (χ4n) is 1.15. The first-order valence-electron chi connectivity index (χ1n) is 4.57. The van der Waals surface area contributed by atoms with E-state index in [1.54, 1.807) is 11.6 Å². The lowest BCUT2D eigenvalue weighted by Crippen LogP contribution is -2.05. The van der Waals surface area contributed by atoms with Crippen molar-refractivity contribution >= 4 is 17.3 Å². The molecule has 0 aliphatic carbocycles. The third-order valence-electron chi connectivity index (χ3n) is 1.86. The molecule has 0 saturated carbocycles. The molecule has 0 atom stereocenters. The zero-order valence-corrected chi connectivity index (χ0v) is 9.28. The summed E-state index contributed by atoms with van der Waals surface area (Å²) in [5.41, 5.74) is -0.304. The molecule has 0 amide bonds. The van der Waals surface area contributed by atoms with E-state index >= 15 is 0 Å². The van der Waals surface area contributed by atoms with E-state index in [1.807, 2.05) is 0 Å². The predicted molar refractivity (Wildman–Crippen MR) is 57.6 cm³/mol. The molecule has 88 valence electrons. The van der Waals surface area contributed by atoms with Gasteiger partial charge in [0.2, 0.25) is 5.88 Å². The van der Waals surface area contributed by atoms with Crippen LogP contribution in [0.3, 0.4) is 0 Å². The van der Waals surface area contributed by atoms with E-state index < -0.39 is 11.8 Å². The summed E-state index contributed by atoms with van der Waals surface area (Å²) in [7, 11) is 0. The fraction of sp³-hybridized carbons (Fsp3) is 0.100. The summed E-state index contributed by atoms with van der Waals surface area (Å²) in [6, 6.07) is 0.868. The molecule has 5 nitrogen and oxygen atoms in total. The number of carbonyl (C=O) groups is 1. The van der Waals surface area contributed by atoms with Crippen molar-refractivity contribution in [3.05, 3.63) is 40.2 Å². The third kappa shape index (κ3) is 2.76. The highest BCUT2D eigenvalue weighted by atomic mass is 32.1. The number of halogens is 1. The van der Waals surface area contributed by atoms with Crippen molar-refractivity contribution in [3.63, 3.8) is 0 Å². The van der Waals surface area contributed by atoms with Crippen LogP contribution in [0.5, 0.6) is 5.88 Å². The van der Waals surface area contributed by atoms with Gasteiger partial charge in [0.25, 0.3) is 0 Å². The number of hydrogen-bond acceptors (Lipinski definition) is 5. The number of aromatic carboxylic acids is 1. The van der Waals surface area contributed by atoms with Crippen molar-refractivity contribution in [1.29, 1.82) is 0 Å². The molecule has 0 unspecified atom stereocenters. The largest absolute Gasteiger partial charge is 0.477 e. The molecule has 2 heterocycles. The minimum atomic E-state index is -1.29. The second kappa shape index (κ2) is 4.88. The number of ether oxygens (including phenoxy) is 1. The van der Waals surface area contributed by atoms with Crippen LogP contribution < -0.4 is 4.74 Å². The Morgan fingerprint density at radius 2 is 2.35 bits per heavy atom. The van der Waals surface area contributed by atoms with Crippen molar-refractivity contribution in [2.45, 2.75) is 6.61 Å². The Morgan fingerprint density at radius 3 is 3.00 bits per heavy atom. The van der Waals surface area contributed by atoms with Crippen LogP contribution in [-0.2, 0) is 6.61 Å². The number of rotatable bonds is 4. The van der Waals surface area contributed by atoms with Gasteiger partial charge in [0.1, 0.15) is 23.0 Å². The van der Waals surface area contributed by atoms with Crippen LogP contribution in [0.1, 0.15) is 15.4 Å². The van der Waals surface area contributed by atoms with Crippen LogP contribution in [-0.4, -0.2) is 21.0 Å². The maximum absolute atomic E-state index is 12.8. The molecule has 0 aliphatic heterocycles. The van der Waals surface area contributed by atoms with Crippen molar-refractivity contribution in [3.8, 4) is 5.88 Å². The second-order valence-electron chi connectivity index (χ2n) is 3.03. The van der Waals surface area contributed by atoms with E-state index in [4.69, 9.17) is 9.84 Å². The third-order valence-corrected chi connectivity index (χ3v) is 2.62. The zero-order chi connectivity index (χ0) is 12.3. The molecule has 1 N–H and O–H groups in total. The number of carboxylic acids is 1. The van der Waals surface area contributed by atoms with Crippen LogP contribution in [0.2, 0.25) is 0 Å². The molecule has 17 heavy (non-hydrogen) atoms. The molecular weight excluding hydrogens is 247 g/mol. The first-order valence-corrected chi connectivity index (χ1v) is 5.45. The minimum Gasteiger partial charge on any atom is -0.477 e. The number of nitrogens with zero attached hydrogens (tertiary/aromatic N) is 2. The van der Waals surface area contributed by atoms with Crippen molar-refractivity contribution < 1.29 is 19.0 Å². The van der Waals surface area contributed by atoms with Gasteiger partial charge in [0, 0.05) is 11.6 Å². The van der Waals surface area contributed by atoms with Gasteiger partial charge in [-0.25, -0.2) is 19.2 Å². The van der Waals surface area contributed by atoms with Gasteiger partial charge in [-0.05, 0) is 6.07 Å². The van der Waals surface area contributed by atoms with E-state index in [2.05, 4.69) is 9.97 Å². The van der Waals surface area contributed by atoms with Crippen LogP contribution in [0, 0.1) is 5.82 Å². The summed E-state index contributed by atoms with van der Waals surface area (Å²) >= 11 is 1.37. The second-order valence-corrected chi connectivity index (χ2v) is 4.01. The molecular formula is C10H7FN2O3S. The zero-order valence-electron chi connectivity index (χ0n) is 8.46. The Kier molecular flexibility index (Phi) is 3.29. The van der Waals surface area contributed by atoms with Crippen molar-refractivity contribution in [1.82, 2.24) is 9.97 Å². The summed E-state index contributed by atoms with van der Waals surface area (Å²) in [6.07, 6.45) is 2.52. The monoisotopic (exact) mass is 254 g/mol. The molecule has 0 radical (unpaired) electrons. The summed E-state index contributed by atoms with van der Waals surface area (Å²) < 4.78 is 18.0. The molecule has 0 aliphatic rings. The highest BCUT2D eigenvalue weighted by molar-refractivity contribution is 7.09. The van der Waals surface area contributed by atoms with E-state index in [9.17, 15) is 9.18 Å². The number of carboxylic acid groups (broad SMARTS) is 1. The van der Waals surface area contributed by atoms with E-state index in [-0.39, 0.29) is 18.1 Å². The number of aromatic nitrogens is 2. The molecule has 2 rings (SSSR count). The van der Waals surface area contributed by atoms with Gasteiger partial charge in [0.15, 0.2) is 0 Å². The topological polar surface area (TPSA) is 72.3 Å². The summed E-state index contributed by atoms with van der Waals surface area (Å²) in [5.74, 6) is -2.12. The van der Waals surface area contributed by atoms with Crippen LogP contribution in [0.15, 0.2) is 23.8 Å². The lowest BCUT2D eigenvalue weighted by Gasteiger charge is -2.05. The van der Waals surface area contributed by atoms with Crippen LogP contribution in [0.4, 0.5) is 4.39 Å². The molecule has 0 spiro atoms. The molecule has 0 aromatic carbocycles. The summed E-state index contributed by atoms with van der Waals surface area (Å²) in [6.45, 7) is 0.108. The molecule has 2 aromatic rings. The normalized spacial score (nSPS) is 10.2. The Labute approximate surface area is 99.5 Å². The average molecular weight is 254 g/mol. The minimum absolute atomic E-state index is 0.108. The van der Waals surface area contributed by atoms with Gasteiger partial charge in [-0.2, -0.15) is 0 Å². The lowest BCUT2D eigenvalue weighted by atomic mass is 10.3. The number of thiazole rings is 1. The van der Waals surface area contributed by atoms with E-state index in [1.165, 1.54) is 11.3 Å².